The second-order valence-electron chi connectivity index (χ2n) is 2.25. The Morgan fingerprint density at radius 2 is 2.08 bits per heavy atom. The first-order chi connectivity index (χ1) is 5.95. The highest BCUT2D eigenvalue weighted by atomic mass is 19.4. The first-order valence-electron chi connectivity index (χ1n) is 3.25. The molecule has 1 aromatic heterocycles. The van der Waals surface area contributed by atoms with Gasteiger partial charge < -0.3 is 9.84 Å². The Labute approximate surface area is 71.8 Å². The average Bonchev–Trinajstić information content (AvgIpc) is 2.02. The van der Waals surface area contributed by atoms with Gasteiger partial charge in [0.1, 0.15) is 0 Å². The van der Waals surface area contributed by atoms with Crippen molar-refractivity contribution in [3.8, 4) is 11.6 Å². The van der Waals surface area contributed by atoms with Gasteiger partial charge >= 0.3 is 6.18 Å². The molecule has 1 aromatic rings. The molecule has 0 amide bonds. The Bertz CT molecular complexity index is 311. The SMILES string of the molecule is COc1ncc(C(F)(F)F)cc1O. The van der Waals surface area contributed by atoms with E-state index in [0.717, 1.165) is 0 Å². The van der Waals surface area contributed by atoms with E-state index in [0.29, 0.717) is 12.3 Å². The van der Waals surface area contributed by atoms with Crippen LogP contribution in [-0.2, 0) is 6.18 Å². The molecule has 0 spiro atoms. The van der Waals surface area contributed by atoms with E-state index in [9.17, 15) is 13.2 Å². The van der Waals surface area contributed by atoms with Crippen molar-refractivity contribution in [1.82, 2.24) is 4.98 Å². The molecule has 1 N–H and O–H groups in total. The number of hydrogen-bond acceptors (Lipinski definition) is 3. The highest BCUT2D eigenvalue weighted by molar-refractivity contribution is 5.35. The van der Waals surface area contributed by atoms with Gasteiger partial charge in [-0.15, -0.1) is 0 Å². The summed E-state index contributed by atoms with van der Waals surface area (Å²) in [6.45, 7) is 0. The lowest BCUT2D eigenvalue weighted by molar-refractivity contribution is -0.138. The van der Waals surface area contributed by atoms with Crippen LogP contribution in [0.3, 0.4) is 0 Å². The fourth-order valence-corrected chi connectivity index (χ4v) is 0.753. The standard InChI is InChI=1S/C7H6F3NO2/c1-13-6-5(12)2-4(3-11-6)7(8,9)10/h2-3,12H,1H3. The van der Waals surface area contributed by atoms with Crippen LogP contribution in [0.15, 0.2) is 12.3 Å². The molecule has 6 heteroatoms. The second-order valence-corrected chi connectivity index (χ2v) is 2.25. The number of rotatable bonds is 1. The maximum atomic E-state index is 12.0. The Morgan fingerprint density at radius 3 is 2.46 bits per heavy atom. The number of alkyl halides is 3. The summed E-state index contributed by atoms with van der Waals surface area (Å²) in [6.07, 6.45) is -3.91. The molecule has 13 heavy (non-hydrogen) atoms. The zero-order valence-electron chi connectivity index (χ0n) is 6.59. The van der Waals surface area contributed by atoms with Gasteiger partial charge in [-0.05, 0) is 6.07 Å². The molecule has 3 nitrogen and oxygen atoms in total. The molecule has 1 rings (SSSR count). The predicted molar refractivity (Wildman–Crippen MR) is 37.5 cm³/mol. The topological polar surface area (TPSA) is 42.4 Å². The van der Waals surface area contributed by atoms with Gasteiger partial charge in [0, 0.05) is 6.20 Å². The molecule has 1 heterocycles. The van der Waals surface area contributed by atoms with E-state index >= 15 is 0 Å². The van der Waals surface area contributed by atoms with Gasteiger partial charge in [-0.25, -0.2) is 4.98 Å². The van der Waals surface area contributed by atoms with Gasteiger partial charge in [-0.3, -0.25) is 0 Å². The molecule has 0 saturated heterocycles. The van der Waals surface area contributed by atoms with Crippen molar-refractivity contribution in [2.75, 3.05) is 7.11 Å². The molecule has 0 fully saturated rings. The quantitative estimate of drug-likeness (QED) is 0.739. The highest BCUT2D eigenvalue weighted by Gasteiger charge is 2.31. The van der Waals surface area contributed by atoms with Crippen LogP contribution in [0.25, 0.3) is 0 Å². The summed E-state index contributed by atoms with van der Waals surface area (Å²) >= 11 is 0. The van der Waals surface area contributed by atoms with Crippen LogP contribution in [0.1, 0.15) is 5.56 Å². The smallest absolute Gasteiger partial charge is 0.418 e. The van der Waals surface area contributed by atoms with Gasteiger partial charge in [0.2, 0.25) is 0 Å². The number of halogens is 3. The summed E-state index contributed by atoms with van der Waals surface area (Å²) in [5.74, 6) is -0.856. The van der Waals surface area contributed by atoms with Gasteiger partial charge in [0.25, 0.3) is 5.88 Å². The van der Waals surface area contributed by atoms with Crippen LogP contribution in [0, 0.1) is 0 Å². The lowest BCUT2D eigenvalue weighted by Crippen LogP contribution is -2.05. The normalized spacial score (nSPS) is 11.4. The molecule has 0 aromatic carbocycles. The summed E-state index contributed by atoms with van der Waals surface area (Å²) in [5, 5.41) is 8.97. The molecule has 0 bridgehead atoms. The largest absolute Gasteiger partial charge is 0.503 e. The van der Waals surface area contributed by atoms with Crippen LogP contribution >= 0.6 is 0 Å². The number of hydrogen-bond donors (Lipinski definition) is 1. The van der Waals surface area contributed by atoms with Gasteiger partial charge in [-0.1, -0.05) is 0 Å². The van der Waals surface area contributed by atoms with Crippen LogP contribution < -0.4 is 4.74 Å². The molecule has 0 unspecified atom stereocenters. The van der Waals surface area contributed by atoms with Gasteiger partial charge in [-0.2, -0.15) is 13.2 Å². The lowest BCUT2D eigenvalue weighted by Gasteiger charge is -2.07. The fourth-order valence-electron chi connectivity index (χ4n) is 0.753. The first kappa shape index (κ1) is 9.63. The molecule has 0 aliphatic carbocycles. The van der Waals surface area contributed by atoms with E-state index in [1.54, 1.807) is 0 Å². The minimum Gasteiger partial charge on any atom is -0.503 e. The third kappa shape index (κ3) is 2.01. The van der Waals surface area contributed by atoms with Crippen LogP contribution in [0.5, 0.6) is 11.6 Å². The van der Waals surface area contributed by atoms with Gasteiger partial charge in [0.05, 0.1) is 12.7 Å². The third-order valence-corrected chi connectivity index (χ3v) is 1.35. The maximum absolute atomic E-state index is 12.0. The number of methoxy groups -OCH3 is 1. The average molecular weight is 193 g/mol. The number of ether oxygens (including phenoxy) is 1. The summed E-state index contributed by atoms with van der Waals surface area (Å²) in [6, 6.07) is 0.561. The van der Waals surface area contributed by atoms with Crippen molar-refractivity contribution in [1.29, 1.82) is 0 Å². The number of nitrogens with zero attached hydrogens (tertiary/aromatic N) is 1. The van der Waals surface area contributed by atoms with E-state index in [4.69, 9.17) is 5.11 Å². The lowest BCUT2D eigenvalue weighted by atomic mass is 10.2. The number of aromatic hydroxyl groups is 1. The molecule has 72 valence electrons. The Kier molecular flexibility index (Phi) is 2.31. The Hall–Kier alpha value is -1.46. The van der Waals surface area contributed by atoms with Crippen molar-refractivity contribution >= 4 is 0 Å². The monoisotopic (exact) mass is 193 g/mol. The highest BCUT2D eigenvalue weighted by Crippen LogP contribution is 2.33. The van der Waals surface area contributed by atoms with E-state index < -0.39 is 17.5 Å². The molecule has 0 radical (unpaired) electrons. The maximum Gasteiger partial charge on any atom is 0.418 e. The molecular weight excluding hydrogens is 187 g/mol. The zero-order valence-corrected chi connectivity index (χ0v) is 6.59. The summed E-state index contributed by atoms with van der Waals surface area (Å²) in [7, 11) is 1.20. The predicted octanol–water partition coefficient (Wildman–Crippen LogP) is 1.81. The van der Waals surface area contributed by atoms with E-state index in [2.05, 4.69) is 9.72 Å². The first-order valence-corrected chi connectivity index (χ1v) is 3.25. The molecule has 0 atom stereocenters. The Balaban J connectivity index is 3.10. The van der Waals surface area contributed by atoms with E-state index in [-0.39, 0.29) is 5.88 Å². The van der Waals surface area contributed by atoms with Crippen LogP contribution in [0.2, 0.25) is 0 Å². The van der Waals surface area contributed by atoms with Crippen molar-refractivity contribution in [2.45, 2.75) is 6.18 Å². The molecule has 0 saturated carbocycles. The summed E-state index contributed by atoms with van der Waals surface area (Å²) < 4.78 is 40.5. The minimum atomic E-state index is -4.50. The van der Waals surface area contributed by atoms with Gasteiger partial charge in [0.15, 0.2) is 5.75 Å². The fraction of sp³-hybridized carbons (Fsp3) is 0.286. The molecule has 0 aliphatic rings. The van der Waals surface area contributed by atoms with Crippen molar-refractivity contribution in [3.63, 3.8) is 0 Å². The Morgan fingerprint density at radius 1 is 1.46 bits per heavy atom. The third-order valence-electron chi connectivity index (χ3n) is 1.35. The minimum absolute atomic E-state index is 0.229. The van der Waals surface area contributed by atoms with Crippen LogP contribution in [0.4, 0.5) is 13.2 Å². The van der Waals surface area contributed by atoms with Crippen molar-refractivity contribution < 1.29 is 23.0 Å². The summed E-state index contributed by atoms with van der Waals surface area (Å²) in [5.41, 5.74) is -1.01. The zero-order chi connectivity index (χ0) is 10.1. The second kappa shape index (κ2) is 3.12. The van der Waals surface area contributed by atoms with E-state index in [1.807, 2.05) is 0 Å². The number of aromatic nitrogens is 1. The molecular formula is C7H6F3NO2. The van der Waals surface area contributed by atoms with Crippen LogP contribution in [-0.4, -0.2) is 17.2 Å². The number of pyridine rings is 1. The van der Waals surface area contributed by atoms with E-state index in [1.165, 1.54) is 7.11 Å². The van der Waals surface area contributed by atoms with Crippen molar-refractivity contribution in [3.05, 3.63) is 17.8 Å². The summed E-state index contributed by atoms with van der Waals surface area (Å²) in [4.78, 5) is 3.27. The molecule has 0 aliphatic heterocycles. The van der Waals surface area contributed by atoms with Crippen molar-refractivity contribution in [2.24, 2.45) is 0 Å².